The van der Waals surface area contributed by atoms with Gasteiger partial charge >= 0.3 is 6.03 Å². The molecule has 3 N–H and O–H groups in total. The predicted octanol–water partition coefficient (Wildman–Crippen LogP) is 2.17. The number of amides is 2. The molecule has 2 amide bonds. The fourth-order valence-corrected chi connectivity index (χ4v) is 3.84. The lowest BCUT2D eigenvalue weighted by atomic mass is 9.69. The van der Waals surface area contributed by atoms with Gasteiger partial charge in [0.15, 0.2) is 6.29 Å². The Kier molecular flexibility index (Phi) is 5.05. The van der Waals surface area contributed by atoms with E-state index in [-0.39, 0.29) is 36.2 Å². The quantitative estimate of drug-likeness (QED) is 0.493. The highest BCUT2D eigenvalue weighted by Gasteiger charge is 2.57. The van der Waals surface area contributed by atoms with Crippen LogP contribution in [0.2, 0.25) is 0 Å². The van der Waals surface area contributed by atoms with Crippen molar-refractivity contribution in [3.05, 3.63) is 41.2 Å². The molecule has 1 saturated carbocycles. The van der Waals surface area contributed by atoms with Gasteiger partial charge in [0.2, 0.25) is 0 Å². The molecule has 0 radical (unpaired) electrons. The monoisotopic (exact) mass is 409 g/mol. The Hall–Kier alpha value is -3.58. The average Bonchev–Trinajstić information content (AvgIpc) is 2.73. The number of urea groups is 1. The molecule has 4 heterocycles. The van der Waals surface area contributed by atoms with E-state index >= 15 is 0 Å². The van der Waals surface area contributed by atoms with Crippen molar-refractivity contribution in [2.75, 3.05) is 35.7 Å². The number of nitrogens with one attached hydrogen (secondary N) is 3. The topological polar surface area (TPSA) is 123 Å². The number of rotatable bonds is 6. The van der Waals surface area contributed by atoms with Crippen molar-refractivity contribution in [3.63, 3.8) is 0 Å². The van der Waals surface area contributed by atoms with Gasteiger partial charge < -0.3 is 10.6 Å². The van der Waals surface area contributed by atoms with Crippen molar-refractivity contribution >= 4 is 29.6 Å². The van der Waals surface area contributed by atoms with Gasteiger partial charge in [0.25, 0.3) is 0 Å². The summed E-state index contributed by atoms with van der Waals surface area (Å²) >= 11 is 0. The molecule has 0 saturated heterocycles. The smallest absolute Gasteiger partial charge is 0.328 e. The average molecular weight is 409 g/mol. The highest BCUT2D eigenvalue weighted by atomic mass is 19.1. The first kappa shape index (κ1) is 19.7. The maximum Gasteiger partial charge on any atom is 0.328 e. The summed E-state index contributed by atoms with van der Waals surface area (Å²) in [4.78, 5) is 33.8. The zero-order valence-corrected chi connectivity index (χ0v) is 16.3. The van der Waals surface area contributed by atoms with Gasteiger partial charge in [0.1, 0.15) is 29.1 Å². The van der Waals surface area contributed by atoms with Gasteiger partial charge in [-0.2, -0.15) is 5.26 Å². The van der Waals surface area contributed by atoms with E-state index in [1.54, 1.807) is 6.07 Å². The van der Waals surface area contributed by atoms with Crippen LogP contribution in [0.1, 0.15) is 34.5 Å². The number of alkyl halides is 1. The second kappa shape index (κ2) is 7.68. The van der Waals surface area contributed by atoms with Gasteiger partial charge in [0.05, 0.1) is 11.3 Å². The van der Waals surface area contributed by atoms with E-state index in [0.29, 0.717) is 36.2 Å². The molecule has 10 heteroatoms. The Morgan fingerprint density at radius 1 is 1.43 bits per heavy atom. The van der Waals surface area contributed by atoms with Gasteiger partial charge in [-0.15, -0.1) is 0 Å². The Morgan fingerprint density at radius 2 is 2.23 bits per heavy atom. The van der Waals surface area contributed by atoms with E-state index in [1.165, 1.54) is 23.2 Å². The number of carbonyl (C=O) groups is 2. The summed E-state index contributed by atoms with van der Waals surface area (Å²) in [6.45, 7) is 1.28. The molecule has 1 fully saturated rings. The van der Waals surface area contributed by atoms with Crippen LogP contribution in [0.3, 0.4) is 0 Å². The van der Waals surface area contributed by atoms with Crippen LogP contribution < -0.4 is 20.9 Å². The summed E-state index contributed by atoms with van der Waals surface area (Å²) in [5.74, 6) is 0.401. The minimum atomic E-state index is -1.51. The van der Waals surface area contributed by atoms with Crippen LogP contribution in [0.25, 0.3) is 0 Å². The number of anilines is 3. The van der Waals surface area contributed by atoms with Gasteiger partial charge in [-0.3, -0.25) is 15.0 Å². The van der Waals surface area contributed by atoms with E-state index in [9.17, 15) is 19.2 Å². The summed E-state index contributed by atoms with van der Waals surface area (Å²) in [6, 6.07) is 5.74. The molecule has 1 aliphatic carbocycles. The van der Waals surface area contributed by atoms with E-state index < -0.39 is 11.7 Å². The SMILES string of the molecule is CNCCNc1cc(NC(=O)N2c3nc(C=O)ccc3C3(F)CC2C3)ncc1C#N. The molecule has 2 bridgehead atoms. The van der Waals surface area contributed by atoms with Crippen molar-refractivity contribution in [2.24, 2.45) is 0 Å². The van der Waals surface area contributed by atoms with E-state index in [4.69, 9.17) is 0 Å². The fourth-order valence-electron chi connectivity index (χ4n) is 3.84. The van der Waals surface area contributed by atoms with Gasteiger partial charge in [-0.25, -0.2) is 19.2 Å². The van der Waals surface area contributed by atoms with E-state index in [0.717, 1.165) is 0 Å². The van der Waals surface area contributed by atoms with Gasteiger partial charge in [-0.05, 0) is 19.2 Å². The van der Waals surface area contributed by atoms with Crippen LogP contribution in [-0.4, -0.2) is 48.5 Å². The van der Waals surface area contributed by atoms with Crippen LogP contribution in [0.5, 0.6) is 0 Å². The van der Waals surface area contributed by atoms with E-state index in [1.807, 2.05) is 7.05 Å². The standard InChI is InChI=1S/C20H20FN7O2/c1-23-4-5-24-16-6-17(25-10-12(16)9-22)27-19(30)28-14-7-20(21,8-14)15-3-2-13(11-29)26-18(15)28/h2-3,6,10-11,14,23H,4-5,7-8H2,1H3,(H2,24,25,27,30). The molecule has 0 unspecified atom stereocenters. The molecular formula is C20H20FN7O2. The number of aromatic nitrogens is 2. The van der Waals surface area contributed by atoms with Gasteiger partial charge in [-0.1, -0.05) is 0 Å². The molecular weight excluding hydrogens is 389 g/mol. The van der Waals surface area contributed by atoms with Gasteiger partial charge in [0, 0.05) is 49.8 Å². The zero-order chi connectivity index (χ0) is 21.3. The molecule has 3 aliphatic rings. The molecule has 154 valence electrons. The summed E-state index contributed by atoms with van der Waals surface area (Å²) in [5, 5.41) is 18.1. The number of pyridine rings is 2. The molecule has 0 aromatic carbocycles. The Balaban J connectivity index is 1.59. The third-order valence-electron chi connectivity index (χ3n) is 5.38. The number of halogens is 1. The first-order valence-corrected chi connectivity index (χ1v) is 9.53. The van der Waals surface area contributed by atoms with Crippen molar-refractivity contribution in [3.8, 4) is 6.07 Å². The lowest BCUT2D eigenvalue weighted by molar-refractivity contribution is 0.0284. The molecule has 0 atom stereocenters. The number of nitriles is 1. The largest absolute Gasteiger partial charge is 0.383 e. The van der Waals surface area contributed by atoms with Crippen molar-refractivity contribution < 1.29 is 14.0 Å². The molecule has 30 heavy (non-hydrogen) atoms. The first-order valence-electron chi connectivity index (χ1n) is 9.53. The molecule has 0 spiro atoms. The lowest BCUT2D eigenvalue weighted by Gasteiger charge is -2.52. The normalized spacial score (nSPS) is 21.1. The maximum absolute atomic E-state index is 15.0. The highest BCUT2D eigenvalue weighted by molar-refractivity contribution is 6.03. The second-order valence-corrected chi connectivity index (χ2v) is 7.31. The van der Waals surface area contributed by atoms with Crippen molar-refractivity contribution in [1.82, 2.24) is 15.3 Å². The maximum atomic E-state index is 15.0. The number of nitrogens with zero attached hydrogens (tertiary/aromatic N) is 4. The summed E-state index contributed by atoms with van der Waals surface area (Å²) < 4.78 is 15.0. The third kappa shape index (κ3) is 3.33. The number of hydrogen-bond acceptors (Lipinski definition) is 7. The van der Waals surface area contributed by atoms with Crippen molar-refractivity contribution in [2.45, 2.75) is 24.6 Å². The molecule has 2 aromatic heterocycles. The van der Waals surface area contributed by atoms with Crippen LogP contribution in [-0.2, 0) is 5.67 Å². The molecule has 5 rings (SSSR count). The number of likely N-dealkylation sites (N-methyl/N-ethyl adjacent to an activating group) is 1. The third-order valence-corrected chi connectivity index (χ3v) is 5.38. The van der Waals surface area contributed by atoms with Crippen LogP contribution in [0.15, 0.2) is 24.4 Å². The minimum Gasteiger partial charge on any atom is -0.383 e. The molecule has 2 aliphatic heterocycles. The predicted molar refractivity (Wildman–Crippen MR) is 108 cm³/mol. The number of carbonyl (C=O) groups excluding carboxylic acids is 2. The first-order chi connectivity index (χ1) is 14.5. The Bertz CT molecular complexity index is 1050. The minimum absolute atomic E-state index is 0.129. The summed E-state index contributed by atoms with van der Waals surface area (Å²) in [5.41, 5.74) is -0.171. The van der Waals surface area contributed by atoms with E-state index in [2.05, 4.69) is 32.0 Å². The second-order valence-electron chi connectivity index (χ2n) is 7.31. The molecule has 9 nitrogen and oxygen atoms in total. The Morgan fingerprint density at radius 3 is 2.93 bits per heavy atom. The number of aldehydes is 1. The van der Waals surface area contributed by atoms with Crippen LogP contribution in [0, 0.1) is 11.3 Å². The highest BCUT2D eigenvalue weighted by Crippen LogP contribution is 2.55. The lowest BCUT2D eigenvalue weighted by Crippen LogP contribution is -2.60. The fraction of sp³-hybridized carbons (Fsp3) is 0.350. The summed E-state index contributed by atoms with van der Waals surface area (Å²) in [6.07, 6.45) is 2.31. The van der Waals surface area contributed by atoms with Crippen LogP contribution in [0.4, 0.5) is 26.5 Å². The zero-order valence-electron chi connectivity index (χ0n) is 16.3. The summed E-state index contributed by atoms with van der Waals surface area (Å²) in [7, 11) is 1.82. The Labute approximate surface area is 172 Å². The van der Waals surface area contributed by atoms with Crippen LogP contribution >= 0.6 is 0 Å². The van der Waals surface area contributed by atoms with Crippen molar-refractivity contribution in [1.29, 1.82) is 5.26 Å². The molecule has 2 aromatic rings. The number of hydrogen-bond donors (Lipinski definition) is 3.